The fourth-order valence-electron chi connectivity index (χ4n) is 1.78. The molecule has 0 unspecified atom stereocenters. The van der Waals surface area contributed by atoms with Crippen molar-refractivity contribution >= 4 is 11.6 Å². The van der Waals surface area contributed by atoms with E-state index in [1.165, 1.54) is 0 Å². The van der Waals surface area contributed by atoms with Crippen molar-refractivity contribution in [3.8, 4) is 16.9 Å². The molecule has 0 aliphatic heterocycles. The molecule has 0 radical (unpaired) electrons. The topological polar surface area (TPSA) is 60.2 Å². The predicted octanol–water partition coefficient (Wildman–Crippen LogP) is 2.38. The van der Waals surface area contributed by atoms with Gasteiger partial charge in [-0.3, -0.25) is 4.68 Å². The molecule has 19 heavy (non-hydrogen) atoms. The summed E-state index contributed by atoms with van der Waals surface area (Å²) in [6, 6.07) is 1.66. The smallest absolute Gasteiger partial charge is 0.132 e. The van der Waals surface area contributed by atoms with Gasteiger partial charge >= 0.3 is 0 Å². The van der Waals surface area contributed by atoms with Gasteiger partial charge in [0.15, 0.2) is 0 Å². The Balaban J connectivity index is 2.33. The number of halogens is 1. The van der Waals surface area contributed by atoms with E-state index in [2.05, 4.69) is 10.1 Å². The lowest BCUT2D eigenvalue weighted by atomic mass is 10.1. The van der Waals surface area contributed by atoms with Crippen LogP contribution >= 0.6 is 11.6 Å². The molecule has 5 nitrogen and oxygen atoms in total. The van der Waals surface area contributed by atoms with Crippen molar-refractivity contribution in [2.45, 2.75) is 26.0 Å². The Morgan fingerprint density at radius 1 is 1.42 bits per heavy atom. The minimum absolute atomic E-state index is 0.379. The highest BCUT2D eigenvalue weighted by molar-refractivity contribution is 6.29. The van der Waals surface area contributed by atoms with Crippen molar-refractivity contribution in [2.75, 3.05) is 7.11 Å². The molecule has 0 saturated carbocycles. The van der Waals surface area contributed by atoms with Gasteiger partial charge < -0.3 is 9.84 Å². The number of rotatable bonds is 4. The summed E-state index contributed by atoms with van der Waals surface area (Å²) in [6.45, 7) is 3.88. The Kier molecular flexibility index (Phi) is 3.78. The van der Waals surface area contributed by atoms with E-state index in [4.69, 9.17) is 16.3 Å². The average molecular weight is 282 g/mol. The first kappa shape index (κ1) is 13.8. The lowest BCUT2D eigenvalue weighted by Gasteiger charge is -2.16. The van der Waals surface area contributed by atoms with Gasteiger partial charge in [0.05, 0.1) is 25.5 Å². The van der Waals surface area contributed by atoms with Gasteiger partial charge in [0, 0.05) is 29.6 Å². The molecule has 1 N–H and O–H groups in total. The Bertz CT molecular complexity index is 576. The summed E-state index contributed by atoms with van der Waals surface area (Å²) in [7, 11) is 1.58. The van der Waals surface area contributed by atoms with E-state index in [9.17, 15) is 5.11 Å². The van der Waals surface area contributed by atoms with E-state index in [1.54, 1.807) is 44.1 Å². The third-order valence-electron chi connectivity index (χ3n) is 2.55. The molecule has 0 saturated heterocycles. The van der Waals surface area contributed by atoms with Gasteiger partial charge in [0.2, 0.25) is 0 Å². The third kappa shape index (κ3) is 3.45. The first-order chi connectivity index (χ1) is 8.89. The van der Waals surface area contributed by atoms with Crippen LogP contribution < -0.4 is 4.74 Å². The standard InChI is InChI=1S/C13H16ClN3O2/c1-13(2,18)8-17-7-9(5-16-17)10-6-15-12(14)4-11(10)19-3/h4-7,18H,8H2,1-3H3. The van der Waals surface area contributed by atoms with E-state index in [1.807, 2.05) is 6.20 Å². The molecule has 2 heterocycles. The molecule has 2 rings (SSSR count). The summed E-state index contributed by atoms with van der Waals surface area (Å²) in [5, 5.41) is 14.4. The van der Waals surface area contributed by atoms with Crippen LogP contribution in [0.15, 0.2) is 24.7 Å². The maximum Gasteiger partial charge on any atom is 0.132 e. The van der Waals surface area contributed by atoms with Gasteiger partial charge in [0.25, 0.3) is 0 Å². The van der Waals surface area contributed by atoms with Crippen LogP contribution in [-0.4, -0.2) is 32.6 Å². The minimum atomic E-state index is -0.814. The van der Waals surface area contributed by atoms with Crippen LogP contribution in [0.4, 0.5) is 0 Å². The van der Waals surface area contributed by atoms with Gasteiger partial charge in [-0.15, -0.1) is 0 Å². The predicted molar refractivity (Wildman–Crippen MR) is 73.3 cm³/mol. The van der Waals surface area contributed by atoms with Crippen LogP contribution in [0.5, 0.6) is 5.75 Å². The summed E-state index contributed by atoms with van der Waals surface area (Å²) in [4.78, 5) is 4.05. The maximum absolute atomic E-state index is 9.77. The summed E-state index contributed by atoms with van der Waals surface area (Å²) >= 11 is 5.83. The van der Waals surface area contributed by atoms with Crippen molar-refractivity contribution in [2.24, 2.45) is 0 Å². The molecule has 0 aliphatic carbocycles. The summed E-state index contributed by atoms with van der Waals surface area (Å²) in [5.74, 6) is 0.641. The molecule has 0 atom stereocenters. The zero-order valence-electron chi connectivity index (χ0n) is 11.1. The second-order valence-electron chi connectivity index (χ2n) is 4.95. The van der Waals surface area contributed by atoms with E-state index in [0.29, 0.717) is 17.4 Å². The molecule has 0 amide bonds. The van der Waals surface area contributed by atoms with Crippen LogP contribution in [-0.2, 0) is 6.54 Å². The van der Waals surface area contributed by atoms with Crippen molar-refractivity contribution < 1.29 is 9.84 Å². The molecule has 0 spiro atoms. The van der Waals surface area contributed by atoms with E-state index in [-0.39, 0.29) is 0 Å². The molecule has 0 fully saturated rings. The summed E-state index contributed by atoms with van der Waals surface area (Å²) < 4.78 is 6.96. The molecule has 6 heteroatoms. The maximum atomic E-state index is 9.77. The Morgan fingerprint density at radius 3 is 2.79 bits per heavy atom. The monoisotopic (exact) mass is 281 g/mol. The number of methoxy groups -OCH3 is 1. The summed E-state index contributed by atoms with van der Waals surface area (Å²) in [6.07, 6.45) is 5.19. The van der Waals surface area contributed by atoms with E-state index >= 15 is 0 Å². The van der Waals surface area contributed by atoms with Gasteiger partial charge in [-0.05, 0) is 13.8 Å². The summed E-state index contributed by atoms with van der Waals surface area (Å²) in [5.41, 5.74) is 0.866. The molecule has 2 aromatic rings. The van der Waals surface area contributed by atoms with Gasteiger partial charge in [-0.1, -0.05) is 11.6 Å². The number of hydrogen-bond donors (Lipinski definition) is 1. The lowest BCUT2D eigenvalue weighted by molar-refractivity contribution is 0.0577. The number of hydrogen-bond acceptors (Lipinski definition) is 4. The normalized spacial score (nSPS) is 11.6. The fraction of sp³-hybridized carbons (Fsp3) is 0.385. The number of pyridine rings is 1. The SMILES string of the molecule is COc1cc(Cl)ncc1-c1cnn(CC(C)(C)O)c1. The number of nitrogens with zero attached hydrogens (tertiary/aromatic N) is 3. The highest BCUT2D eigenvalue weighted by atomic mass is 35.5. The number of ether oxygens (including phenoxy) is 1. The van der Waals surface area contributed by atoms with Crippen LogP contribution in [0.25, 0.3) is 11.1 Å². The van der Waals surface area contributed by atoms with Crippen molar-refractivity contribution in [1.82, 2.24) is 14.8 Å². The zero-order valence-corrected chi connectivity index (χ0v) is 11.8. The molecule has 102 valence electrons. The van der Waals surface area contributed by atoms with Gasteiger partial charge in [-0.25, -0.2) is 4.98 Å². The van der Waals surface area contributed by atoms with Crippen LogP contribution in [0, 0.1) is 0 Å². The Hall–Kier alpha value is -1.59. The van der Waals surface area contributed by atoms with Crippen molar-refractivity contribution in [3.05, 3.63) is 29.8 Å². The van der Waals surface area contributed by atoms with Crippen molar-refractivity contribution in [1.29, 1.82) is 0 Å². The molecule has 0 bridgehead atoms. The van der Waals surface area contributed by atoms with E-state index in [0.717, 1.165) is 11.1 Å². The lowest BCUT2D eigenvalue weighted by Crippen LogP contribution is -2.26. The first-order valence-corrected chi connectivity index (χ1v) is 6.21. The quantitative estimate of drug-likeness (QED) is 0.874. The highest BCUT2D eigenvalue weighted by Crippen LogP contribution is 2.30. The van der Waals surface area contributed by atoms with Crippen molar-refractivity contribution in [3.63, 3.8) is 0 Å². The average Bonchev–Trinajstić information content (AvgIpc) is 2.74. The molecule has 2 aromatic heterocycles. The molecular weight excluding hydrogens is 266 g/mol. The van der Waals surface area contributed by atoms with E-state index < -0.39 is 5.60 Å². The third-order valence-corrected chi connectivity index (χ3v) is 2.75. The molecular formula is C13H16ClN3O2. The Labute approximate surface area is 116 Å². The van der Waals surface area contributed by atoms with Crippen LogP contribution in [0.3, 0.4) is 0 Å². The minimum Gasteiger partial charge on any atom is -0.496 e. The fourth-order valence-corrected chi connectivity index (χ4v) is 1.93. The Morgan fingerprint density at radius 2 is 2.16 bits per heavy atom. The number of aromatic nitrogens is 3. The van der Waals surface area contributed by atoms with Crippen LogP contribution in [0.1, 0.15) is 13.8 Å². The second-order valence-corrected chi connectivity index (χ2v) is 5.33. The van der Waals surface area contributed by atoms with Gasteiger partial charge in [0.1, 0.15) is 10.9 Å². The highest BCUT2D eigenvalue weighted by Gasteiger charge is 2.15. The number of aliphatic hydroxyl groups is 1. The first-order valence-electron chi connectivity index (χ1n) is 5.84. The van der Waals surface area contributed by atoms with Gasteiger partial charge in [-0.2, -0.15) is 5.10 Å². The van der Waals surface area contributed by atoms with Crippen LogP contribution in [0.2, 0.25) is 5.15 Å². The zero-order chi connectivity index (χ0) is 14.0. The molecule has 0 aromatic carbocycles. The largest absolute Gasteiger partial charge is 0.496 e. The second kappa shape index (κ2) is 5.19. The molecule has 0 aliphatic rings.